The molecule has 4 heterocycles. The van der Waals surface area contributed by atoms with Gasteiger partial charge in [0, 0.05) is 22.3 Å². The molecule has 0 fully saturated rings. The molecule has 2 aromatic heterocycles. The fourth-order valence-electron chi connectivity index (χ4n) is 3.19. The molecule has 32 heavy (non-hydrogen) atoms. The van der Waals surface area contributed by atoms with Crippen molar-refractivity contribution in [3.63, 3.8) is 0 Å². The van der Waals surface area contributed by atoms with Gasteiger partial charge in [-0.1, -0.05) is 0 Å². The summed E-state index contributed by atoms with van der Waals surface area (Å²) in [6.45, 7) is 2.60. The van der Waals surface area contributed by atoms with E-state index in [1.54, 1.807) is 18.3 Å². The highest BCUT2D eigenvalue weighted by molar-refractivity contribution is 7.97. The highest BCUT2D eigenvalue weighted by Crippen LogP contribution is 2.27. The number of hydrogen-bond acceptors (Lipinski definition) is 9. The van der Waals surface area contributed by atoms with Gasteiger partial charge in [0.15, 0.2) is 10.0 Å². The van der Waals surface area contributed by atoms with E-state index in [2.05, 4.69) is 34.5 Å². The number of anilines is 2. The highest BCUT2D eigenvalue weighted by atomic mass is 32.2. The number of nitrogens with zero attached hydrogens (tertiary/aromatic N) is 4. The molecule has 0 amide bonds. The fraction of sp³-hybridized carbons (Fsp3) is 0.105. The van der Waals surface area contributed by atoms with Crippen LogP contribution in [0.25, 0.3) is 0 Å². The molecule has 4 N–H and O–H groups in total. The number of amidine groups is 1. The molecule has 164 valence electrons. The number of sulfonamides is 1. The number of fused-ring (bicyclic) bond motifs is 1. The van der Waals surface area contributed by atoms with Crippen LogP contribution in [0.15, 0.2) is 80.6 Å². The van der Waals surface area contributed by atoms with Crippen molar-refractivity contribution in [3.8, 4) is 0 Å². The van der Waals surface area contributed by atoms with Crippen LogP contribution in [0.3, 0.4) is 0 Å². The lowest BCUT2D eigenvalue weighted by atomic mass is 10.3. The first-order valence-electron chi connectivity index (χ1n) is 9.54. The number of aromatic amines is 1. The van der Waals surface area contributed by atoms with E-state index in [4.69, 9.17) is 0 Å². The number of thiazole rings is 1. The Balaban J connectivity index is 1.30. The van der Waals surface area contributed by atoms with E-state index in [0.29, 0.717) is 12.2 Å². The van der Waals surface area contributed by atoms with E-state index < -0.39 is 10.0 Å². The highest BCUT2D eigenvalue weighted by Gasteiger charge is 2.32. The minimum absolute atomic E-state index is 0.180. The molecule has 10 nitrogen and oxygen atoms in total. The summed E-state index contributed by atoms with van der Waals surface area (Å²) >= 11 is 2.61. The first-order valence-corrected chi connectivity index (χ1v) is 12.7. The van der Waals surface area contributed by atoms with Crippen LogP contribution in [-0.2, 0) is 10.0 Å². The Morgan fingerprint density at radius 1 is 1.28 bits per heavy atom. The SMILES string of the molecule is Cc1cc(NC2=CN(Sc3ccc(NS(=O)(=O)c4cncs4)cc3)CC3=NC=C[NH+]23)n[nH]1. The van der Waals surface area contributed by atoms with Gasteiger partial charge in [0.1, 0.15) is 12.7 Å². The third kappa shape index (κ3) is 4.41. The molecule has 3 aromatic rings. The topological polar surface area (TPSA) is 120 Å². The van der Waals surface area contributed by atoms with E-state index in [1.807, 2.05) is 37.5 Å². The Bertz CT molecular complexity index is 1310. The van der Waals surface area contributed by atoms with Crippen molar-refractivity contribution >= 4 is 50.6 Å². The lowest BCUT2D eigenvalue weighted by Crippen LogP contribution is -3.10. The molecule has 1 atom stereocenters. The number of aromatic nitrogens is 3. The molecule has 1 aromatic carbocycles. The molecule has 2 aliphatic rings. The molecule has 2 aliphatic heterocycles. The predicted octanol–water partition coefficient (Wildman–Crippen LogP) is 1.98. The molecule has 5 rings (SSSR count). The normalized spacial score (nSPS) is 17.7. The largest absolute Gasteiger partial charge is 0.300 e. The minimum Gasteiger partial charge on any atom is -0.300 e. The average molecular weight is 488 g/mol. The van der Waals surface area contributed by atoms with Crippen molar-refractivity contribution in [1.29, 1.82) is 0 Å². The lowest BCUT2D eigenvalue weighted by molar-refractivity contribution is -0.699. The van der Waals surface area contributed by atoms with Crippen LogP contribution >= 0.6 is 23.3 Å². The van der Waals surface area contributed by atoms with Crippen molar-refractivity contribution < 1.29 is 13.3 Å². The Hall–Kier alpha value is -3.13. The van der Waals surface area contributed by atoms with Crippen molar-refractivity contribution in [1.82, 2.24) is 19.5 Å². The summed E-state index contributed by atoms with van der Waals surface area (Å²) in [6, 6.07) is 9.18. The van der Waals surface area contributed by atoms with Crippen molar-refractivity contribution in [3.05, 3.63) is 72.2 Å². The van der Waals surface area contributed by atoms with Crippen LogP contribution < -0.4 is 14.9 Å². The van der Waals surface area contributed by atoms with E-state index >= 15 is 0 Å². The van der Waals surface area contributed by atoms with Crippen molar-refractivity contribution in [2.75, 3.05) is 16.6 Å². The fourth-order valence-corrected chi connectivity index (χ4v) is 5.91. The van der Waals surface area contributed by atoms with Gasteiger partial charge < -0.3 is 0 Å². The molecule has 13 heteroatoms. The van der Waals surface area contributed by atoms with Gasteiger partial charge in [0.05, 0.1) is 24.1 Å². The van der Waals surface area contributed by atoms with Crippen LogP contribution in [0.5, 0.6) is 0 Å². The summed E-state index contributed by atoms with van der Waals surface area (Å²) in [7, 11) is -3.62. The predicted molar refractivity (Wildman–Crippen MR) is 124 cm³/mol. The maximum Gasteiger partial charge on any atom is 0.273 e. The lowest BCUT2D eigenvalue weighted by Gasteiger charge is -2.27. The Morgan fingerprint density at radius 2 is 2.12 bits per heavy atom. The number of rotatable bonds is 7. The zero-order valence-corrected chi connectivity index (χ0v) is 19.3. The molecule has 0 aliphatic carbocycles. The van der Waals surface area contributed by atoms with Gasteiger partial charge in [-0.3, -0.25) is 24.4 Å². The summed E-state index contributed by atoms with van der Waals surface area (Å²) in [6.07, 6.45) is 7.15. The van der Waals surface area contributed by atoms with Crippen LogP contribution in [0.2, 0.25) is 0 Å². The summed E-state index contributed by atoms with van der Waals surface area (Å²) in [4.78, 5) is 10.3. The molecule has 0 radical (unpaired) electrons. The van der Waals surface area contributed by atoms with Crippen LogP contribution in [-0.4, -0.2) is 40.3 Å². The number of aliphatic imine (C=N–C) groups is 1. The Kier molecular flexibility index (Phi) is 5.46. The molecule has 0 bridgehead atoms. The third-order valence-corrected chi connectivity index (χ3v) is 8.23. The zero-order chi connectivity index (χ0) is 22.1. The molecule has 0 spiro atoms. The monoisotopic (exact) mass is 487 g/mol. The smallest absolute Gasteiger partial charge is 0.273 e. The maximum absolute atomic E-state index is 12.4. The quantitative estimate of drug-likeness (QED) is 0.376. The number of benzene rings is 1. The first kappa shape index (κ1) is 20.8. The van der Waals surface area contributed by atoms with Gasteiger partial charge in [0.2, 0.25) is 11.7 Å². The van der Waals surface area contributed by atoms with Gasteiger partial charge in [-0.25, -0.2) is 18.3 Å². The number of hydrogen-bond donors (Lipinski definition) is 4. The Morgan fingerprint density at radius 3 is 2.84 bits per heavy atom. The Labute approximate surface area is 193 Å². The standard InChI is InChI=1S/C19H18N8O2S3/c1-13-8-16(24-23-13)22-18-11-26(10-17-21-6-7-27(17)18)31-15-4-2-14(3-5-15)25-32(28,29)19-9-20-12-30-19/h2-9,11-12,25H,10H2,1H3,(H2,22,23,24)/p+1. The maximum atomic E-state index is 12.4. The van der Waals surface area contributed by atoms with Gasteiger partial charge in [0.25, 0.3) is 10.0 Å². The van der Waals surface area contributed by atoms with Crippen LogP contribution in [0.4, 0.5) is 11.5 Å². The van der Waals surface area contributed by atoms with Gasteiger partial charge in [-0.15, -0.1) is 11.3 Å². The third-order valence-electron chi connectivity index (χ3n) is 4.62. The second-order valence-corrected chi connectivity index (χ2v) is 10.9. The summed E-state index contributed by atoms with van der Waals surface area (Å²) in [5, 5.41) is 10.5. The van der Waals surface area contributed by atoms with E-state index in [1.165, 1.54) is 23.7 Å². The second-order valence-electron chi connectivity index (χ2n) is 7.03. The molecule has 1 unspecified atom stereocenters. The summed E-state index contributed by atoms with van der Waals surface area (Å²) < 4.78 is 29.6. The van der Waals surface area contributed by atoms with Gasteiger partial charge >= 0.3 is 0 Å². The number of quaternary nitrogens is 1. The van der Waals surface area contributed by atoms with Gasteiger partial charge in [-0.2, -0.15) is 5.10 Å². The molecular weight excluding hydrogens is 468 g/mol. The minimum atomic E-state index is -3.62. The number of H-pyrrole nitrogens is 1. The van der Waals surface area contributed by atoms with E-state index in [-0.39, 0.29) is 4.21 Å². The second kappa shape index (κ2) is 8.43. The van der Waals surface area contributed by atoms with E-state index in [0.717, 1.165) is 44.3 Å². The van der Waals surface area contributed by atoms with Crippen LogP contribution in [0.1, 0.15) is 5.69 Å². The average Bonchev–Trinajstić information content (AvgIpc) is 3.51. The molecular formula is C19H19N8O2S3+. The number of aryl methyl sites for hydroxylation is 1. The zero-order valence-electron chi connectivity index (χ0n) is 16.8. The van der Waals surface area contributed by atoms with Gasteiger partial charge in [-0.05, 0) is 43.1 Å². The number of nitrogens with one attached hydrogen (secondary N) is 4. The van der Waals surface area contributed by atoms with Crippen molar-refractivity contribution in [2.24, 2.45) is 4.99 Å². The summed E-state index contributed by atoms with van der Waals surface area (Å²) in [5.41, 5.74) is 2.96. The molecule has 0 saturated carbocycles. The molecule has 0 saturated heterocycles. The first-order chi connectivity index (χ1) is 15.5. The van der Waals surface area contributed by atoms with Crippen molar-refractivity contribution in [2.45, 2.75) is 16.0 Å². The van der Waals surface area contributed by atoms with E-state index in [9.17, 15) is 8.42 Å². The van der Waals surface area contributed by atoms with Crippen LogP contribution in [0, 0.1) is 6.92 Å². The summed E-state index contributed by atoms with van der Waals surface area (Å²) in [5.74, 6) is 2.63.